The van der Waals surface area contributed by atoms with Crippen molar-refractivity contribution in [3.8, 4) is 0 Å². The molecule has 78 valence electrons. The summed E-state index contributed by atoms with van der Waals surface area (Å²) < 4.78 is 4.14. The number of carbonyl (C=O) groups excluding carboxylic acids is 1. The van der Waals surface area contributed by atoms with Crippen LogP contribution in [0.25, 0.3) is 0 Å². The lowest BCUT2D eigenvalue weighted by Gasteiger charge is -1.83. The summed E-state index contributed by atoms with van der Waals surface area (Å²) in [4.78, 5) is 18.8. The van der Waals surface area contributed by atoms with Gasteiger partial charge in [0.15, 0.2) is 0 Å². The lowest BCUT2D eigenvalue weighted by atomic mass is 10.7. The maximum atomic E-state index is 9.84. The third kappa shape index (κ3) is 114. The minimum atomic E-state index is -0.833. The fourth-order valence-electron chi connectivity index (χ4n) is 0.0833. The molecule has 0 saturated heterocycles. The van der Waals surface area contributed by atoms with Crippen molar-refractivity contribution >= 4 is 11.9 Å². The molecule has 0 unspecified atom stereocenters. The van der Waals surface area contributed by atoms with Gasteiger partial charge in [0.1, 0.15) is 0 Å². The summed E-state index contributed by atoms with van der Waals surface area (Å²) in [5.41, 5.74) is 0. The standard InChI is InChI=1S/C4H6O2.C2H7N.C2H4O2/c1-3-4(5)6-2;1-3-2;1-2(3)4/h3H,1H2,2H3;3H,1-2H3;1H3,(H,3,4). The molecule has 0 saturated carbocycles. The van der Waals surface area contributed by atoms with E-state index >= 15 is 0 Å². The maximum absolute atomic E-state index is 9.84. The normalized spacial score (nSPS) is 6.46. The maximum Gasteiger partial charge on any atom is 0.329 e. The highest BCUT2D eigenvalue weighted by Gasteiger charge is 1.81. The molecule has 0 atom stereocenters. The Labute approximate surface area is 78.4 Å². The topological polar surface area (TPSA) is 75.6 Å². The molecule has 0 radical (unpaired) electrons. The van der Waals surface area contributed by atoms with Crippen molar-refractivity contribution in [2.45, 2.75) is 6.92 Å². The van der Waals surface area contributed by atoms with Gasteiger partial charge in [0.25, 0.3) is 5.97 Å². The molecule has 0 amide bonds. The van der Waals surface area contributed by atoms with Crippen LogP contribution < -0.4 is 5.32 Å². The molecule has 0 aromatic heterocycles. The van der Waals surface area contributed by atoms with E-state index in [4.69, 9.17) is 9.90 Å². The molecule has 0 aromatic carbocycles. The summed E-state index contributed by atoms with van der Waals surface area (Å²) >= 11 is 0. The van der Waals surface area contributed by atoms with E-state index < -0.39 is 11.9 Å². The summed E-state index contributed by atoms with van der Waals surface area (Å²) in [7, 11) is 5.06. The zero-order chi connectivity index (χ0) is 11.3. The van der Waals surface area contributed by atoms with Crippen LogP contribution in [-0.4, -0.2) is 38.3 Å². The first-order valence-corrected chi connectivity index (χ1v) is 3.44. The molecule has 0 aliphatic carbocycles. The molecule has 0 bridgehead atoms. The fraction of sp³-hybridized carbons (Fsp3) is 0.500. The number of aliphatic carboxylic acids is 1. The Morgan fingerprint density at radius 3 is 1.69 bits per heavy atom. The number of rotatable bonds is 1. The van der Waals surface area contributed by atoms with Gasteiger partial charge >= 0.3 is 5.97 Å². The quantitative estimate of drug-likeness (QED) is 0.459. The van der Waals surface area contributed by atoms with Crippen LogP contribution in [0.1, 0.15) is 6.92 Å². The van der Waals surface area contributed by atoms with Gasteiger partial charge in [-0.05, 0) is 14.1 Å². The number of methoxy groups -OCH3 is 1. The van der Waals surface area contributed by atoms with Gasteiger partial charge in [-0.15, -0.1) is 0 Å². The first-order chi connectivity index (χ1) is 5.95. The number of carbonyl (C=O) groups is 2. The van der Waals surface area contributed by atoms with Crippen LogP contribution in [0.5, 0.6) is 0 Å². The highest BCUT2D eigenvalue weighted by Crippen LogP contribution is 1.67. The van der Waals surface area contributed by atoms with Crippen LogP contribution >= 0.6 is 0 Å². The SMILES string of the molecule is C=CC(=O)OC.CC(=O)O.CNC. The lowest BCUT2D eigenvalue weighted by molar-refractivity contribution is -0.135. The second-order valence-corrected chi connectivity index (χ2v) is 1.75. The molecule has 0 aliphatic heterocycles. The summed E-state index contributed by atoms with van der Waals surface area (Å²) in [5.74, 6) is -1.23. The third-order valence-corrected chi connectivity index (χ3v) is 0.368. The predicted octanol–water partition coefficient (Wildman–Crippen LogP) is 0.272. The molecule has 0 aromatic rings. The molecule has 2 N–H and O–H groups in total. The summed E-state index contributed by atoms with van der Waals surface area (Å²) in [6, 6.07) is 0. The number of nitrogens with one attached hydrogen (secondary N) is 1. The van der Waals surface area contributed by atoms with E-state index in [1.165, 1.54) is 7.11 Å². The van der Waals surface area contributed by atoms with Crippen molar-refractivity contribution in [1.29, 1.82) is 0 Å². The number of hydrogen-bond donors (Lipinski definition) is 2. The van der Waals surface area contributed by atoms with Gasteiger partial charge in [-0.2, -0.15) is 0 Å². The molecule has 0 spiro atoms. The van der Waals surface area contributed by atoms with Crippen molar-refractivity contribution in [2.75, 3.05) is 21.2 Å². The van der Waals surface area contributed by atoms with Crippen LogP contribution in [-0.2, 0) is 14.3 Å². The first-order valence-electron chi connectivity index (χ1n) is 3.44. The van der Waals surface area contributed by atoms with Crippen molar-refractivity contribution in [1.82, 2.24) is 5.32 Å². The van der Waals surface area contributed by atoms with Crippen LogP contribution in [0.15, 0.2) is 12.7 Å². The Hall–Kier alpha value is -1.36. The summed E-state index contributed by atoms with van der Waals surface area (Å²) in [6.45, 7) is 4.24. The van der Waals surface area contributed by atoms with E-state index in [0.29, 0.717) is 0 Å². The second kappa shape index (κ2) is 16.9. The fourth-order valence-corrected chi connectivity index (χ4v) is 0.0833. The number of esters is 1. The minimum Gasteiger partial charge on any atom is -0.481 e. The Morgan fingerprint density at radius 2 is 1.69 bits per heavy atom. The van der Waals surface area contributed by atoms with E-state index in [2.05, 4.69) is 16.6 Å². The van der Waals surface area contributed by atoms with Gasteiger partial charge in [0, 0.05) is 13.0 Å². The van der Waals surface area contributed by atoms with E-state index in [9.17, 15) is 4.79 Å². The van der Waals surface area contributed by atoms with E-state index in [0.717, 1.165) is 13.0 Å². The van der Waals surface area contributed by atoms with Gasteiger partial charge < -0.3 is 15.2 Å². The zero-order valence-corrected chi connectivity index (χ0v) is 8.46. The highest BCUT2D eigenvalue weighted by atomic mass is 16.5. The largest absolute Gasteiger partial charge is 0.481 e. The van der Waals surface area contributed by atoms with Crippen molar-refractivity contribution < 1.29 is 19.4 Å². The smallest absolute Gasteiger partial charge is 0.329 e. The molecule has 0 rings (SSSR count). The number of carboxylic acids is 1. The molecule has 13 heavy (non-hydrogen) atoms. The van der Waals surface area contributed by atoms with Crippen LogP contribution in [0, 0.1) is 0 Å². The Kier molecular flexibility index (Phi) is 23.0. The third-order valence-electron chi connectivity index (χ3n) is 0.368. The van der Waals surface area contributed by atoms with Gasteiger partial charge in [-0.3, -0.25) is 4.79 Å². The van der Waals surface area contributed by atoms with Gasteiger partial charge in [0.2, 0.25) is 0 Å². The Morgan fingerprint density at radius 1 is 1.46 bits per heavy atom. The molecule has 0 aliphatic rings. The number of ether oxygens (including phenoxy) is 1. The molecule has 0 heterocycles. The average molecular weight is 191 g/mol. The molecular weight excluding hydrogens is 174 g/mol. The van der Waals surface area contributed by atoms with Gasteiger partial charge in [0.05, 0.1) is 7.11 Å². The summed E-state index contributed by atoms with van der Waals surface area (Å²) in [5, 5.41) is 10.2. The van der Waals surface area contributed by atoms with Crippen LogP contribution in [0.2, 0.25) is 0 Å². The van der Waals surface area contributed by atoms with Crippen LogP contribution in [0.4, 0.5) is 0 Å². The molecule has 5 heteroatoms. The number of carboxylic acid groups (broad SMARTS) is 1. The van der Waals surface area contributed by atoms with Crippen molar-refractivity contribution in [2.24, 2.45) is 0 Å². The highest BCUT2D eigenvalue weighted by molar-refractivity contribution is 5.80. The zero-order valence-electron chi connectivity index (χ0n) is 8.46. The van der Waals surface area contributed by atoms with E-state index in [1.54, 1.807) is 0 Å². The Balaban J connectivity index is -0.000000125. The molecular formula is C8H17NO4. The number of hydrogen-bond acceptors (Lipinski definition) is 4. The predicted molar refractivity (Wildman–Crippen MR) is 50.5 cm³/mol. The Bertz CT molecular complexity index is 141. The molecule has 0 fully saturated rings. The molecule has 5 nitrogen and oxygen atoms in total. The summed E-state index contributed by atoms with van der Waals surface area (Å²) in [6.07, 6.45) is 1.11. The van der Waals surface area contributed by atoms with Crippen LogP contribution in [0.3, 0.4) is 0 Å². The minimum absolute atomic E-state index is 0.394. The first kappa shape index (κ1) is 17.7. The van der Waals surface area contributed by atoms with Crippen molar-refractivity contribution in [3.63, 3.8) is 0 Å². The monoisotopic (exact) mass is 191 g/mol. The van der Waals surface area contributed by atoms with E-state index in [-0.39, 0.29) is 0 Å². The second-order valence-electron chi connectivity index (χ2n) is 1.75. The van der Waals surface area contributed by atoms with Gasteiger partial charge in [-0.25, -0.2) is 4.79 Å². The average Bonchev–Trinajstić information content (AvgIpc) is 2.03. The van der Waals surface area contributed by atoms with Gasteiger partial charge in [-0.1, -0.05) is 6.58 Å². The lowest BCUT2D eigenvalue weighted by Crippen LogP contribution is -1.91. The van der Waals surface area contributed by atoms with Crippen molar-refractivity contribution in [3.05, 3.63) is 12.7 Å². The van der Waals surface area contributed by atoms with E-state index in [1.807, 2.05) is 14.1 Å².